The van der Waals surface area contributed by atoms with Crippen LogP contribution in [0.5, 0.6) is 5.75 Å². The highest BCUT2D eigenvalue weighted by atomic mass is 16.5. The molecular weight excluding hydrogens is 236 g/mol. The summed E-state index contributed by atoms with van der Waals surface area (Å²) < 4.78 is 9.73. The first-order chi connectivity index (χ1) is 8.63. The number of nitrogens with one attached hydrogen (secondary N) is 1. The minimum atomic E-state index is -0.489. The maximum atomic E-state index is 11.3. The first kappa shape index (κ1) is 13.8. The molecule has 0 bridgehead atoms. The number of hydrogen-bond acceptors (Lipinski definition) is 5. The summed E-state index contributed by atoms with van der Waals surface area (Å²) in [4.78, 5) is 22.1. The Balaban J connectivity index is 2.24. The summed E-state index contributed by atoms with van der Waals surface area (Å²) >= 11 is 0. The highest BCUT2D eigenvalue weighted by Crippen LogP contribution is 2.19. The van der Waals surface area contributed by atoms with Crippen molar-refractivity contribution in [2.75, 3.05) is 26.0 Å². The lowest BCUT2D eigenvalue weighted by atomic mass is 10.3. The first-order valence-corrected chi connectivity index (χ1v) is 5.44. The molecule has 0 aliphatic rings. The Morgan fingerprint density at radius 3 is 2.72 bits per heavy atom. The van der Waals surface area contributed by atoms with Crippen LogP contribution in [0.2, 0.25) is 0 Å². The van der Waals surface area contributed by atoms with Crippen molar-refractivity contribution in [2.24, 2.45) is 0 Å². The third-order valence-corrected chi connectivity index (χ3v) is 2.16. The van der Waals surface area contributed by atoms with Gasteiger partial charge in [0.05, 0.1) is 25.8 Å². The van der Waals surface area contributed by atoms with Crippen LogP contribution < -0.4 is 15.8 Å². The van der Waals surface area contributed by atoms with Crippen LogP contribution in [0.15, 0.2) is 24.3 Å². The van der Waals surface area contributed by atoms with Gasteiger partial charge in [0, 0.05) is 0 Å². The Bertz CT molecular complexity index is 420. The molecule has 0 atom stereocenters. The van der Waals surface area contributed by atoms with Crippen LogP contribution in [0, 0.1) is 0 Å². The highest BCUT2D eigenvalue weighted by Gasteiger charge is 2.06. The largest absolute Gasteiger partial charge is 0.491 e. The van der Waals surface area contributed by atoms with Crippen molar-refractivity contribution >= 4 is 17.6 Å². The van der Waals surface area contributed by atoms with Crippen molar-refractivity contribution < 1.29 is 19.1 Å². The summed E-state index contributed by atoms with van der Waals surface area (Å²) in [7, 11) is 1.26. The number of rotatable bonds is 6. The molecule has 0 fully saturated rings. The van der Waals surface area contributed by atoms with Crippen molar-refractivity contribution in [2.45, 2.75) is 6.42 Å². The molecule has 1 amide bonds. The number of nitrogens with two attached hydrogens (primary N) is 1. The van der Waals surface area contributed by atoms with E-state index in [4.69, 9.17) is 10.5 Å². The van der Waals surface area contributed by atoms with Crippen molar-refractivity contribution in [3.05, 3.63) is 24.3 Å². The summed E-state index contributed by atoms with van der Waals surface area (Å²) in [6.07, 6.45) is 0.144. The van der Waals surface area contributed by atoms with Crippen molar-refractivity contribution in [3.63, 3.8) is 0 Å². The summed E-state index contributed by atoms with van der Waals surface area (Å²) in [6, 6.07) is 7.03. The topological polar surface area (TPSA) is 90.6 Å². The molecule has 3 N–H and O–H groups in total. The monoisotopic (exact) mass is 252 g/mol. The number of esters is 1. The molecule has 6 heteroatoms. The number of methoxy groups -OCH3 is 1. The number of benzene rings is 1. The maximum absolute atomic E-state index is 11.3. The Morgan fingerprint density at radius 2 is 2.06 bits per heavy atom. The fraction of sp³-hybridized carbons (Fsp3) is 0.333. The van der Waals surface area contributed by atoms with Crippen LogP contribution in [-0.4, -0.2) is 32.1 Å². The molecule has 98 valence electrons. The molecule has 0 aliphatic heterocycles. The average Bonchev–Trinajstić information content (AvgIpc) is 2.38. The lowest BCUT2D eigenvalue weighted by Gasteiger charge is -2.08. The zero-order valence-corrected chi connectivity index (χ0v) is 10.1. The highest BCUT2D eigenvalue weighted by molar-refractivity contribution is 5.81. The SMILES string of the molecule is COC(=O)CNC(=O)CCOc1ccccc1N. The second kappa shape index (κ2) is 7.16. The number of carbonyl (C=O) groups excluding carboxylic acids is 2. The van der Waals surface area contributed by atoms with E-state index in [-0.39, 0.29) is 25.5 Å². The second-order valence-electron chi connectivity index (χ2n) is 3.49. The Labute approximate surface area is 105 Å². The molecule has 1 rings (SSSR count). The molecule has 1 aromatic rings. The normalized spacial score (nSPS) is 9.61. The van der Waals surface area contributed by atoms with E-state index < -0.39 is 5.97 Å². The quantitative estimate of drug-likeness (QED) is 0.562. The zero-order chi connectivity index (χ0) is 13.4. The molecule has 0 spiro atoms. The van der Waals surface area contributed by atoms with Gasteiger partial charge in [-0.25, -0.2) is 0 Å². The van der Waals surface area contributed by atoms with Gasteiger partial charge in [0.25, 0.3) is 0 Å². The summed E-state index contributed by atoms with van der Waals surface area (Å²) in [5, 5.41) is 2.41. The van der Waals surface area contributed by atoms with Gasteiger partial charge < -0.3 is 20.5 Å². The van der Waals surface area contributed by atoms with E-state index in [1.54, 1.807) is 24.3 Å². The summed E-state index contributed by atoms with van der Waals surface area (Å²) in [6.45, 7) is 0.0596. The minimum absolute atomic E-state index is 0.136. The van der Waals surface area contributed by atoms with Crippen LogP contribution in [0.1, 0.15) is 6.42 Å². The lowest BCUT2D eigenvalue weighted by Crippen LogP contribution is -2.31. The number of nitrogen functional groups attached to an aromatic ring is 1. The number of amides is 1. The third kappa shape index (κ3) is 4.73. The molecule has 1 aromatic carbocycles. The van der Waals surface area contributed by atoms with Crippen molar-refractivity contribution in [1.82, 2.24) is 5.32 Å². The fourth-order valence-electron chi connectivity index (χ4n) is 1.20. The van der Waals surface area contributed by atoms with Gasteiger partial charge >= 0.3 is 5.97 Å². The number of anilines is 1. The zero-order valence-electron chi connectivity index (χ0n) is 10.1. The third-order valence-electron chi connectivity index (χ3n) is 2.16. The van der Waals surface area contributed by atoms with Crippen LogP contribution in [0.4, 0.5) is 5.69 Å². The van der Waals surface area contributed by atoms with Gasteiger partial charge in [-0.1, -0.05) is 12.1 Å². The van der Waals surface area contributed by atoms with Crippen LogP contribution in [0.3, 0.4) is 0 Å². The Morgan fingerprint density at radius 1 is 1.33 bits per heavy atom. The number of carbonyl (C=O) groups is 2. The van der Waals surface area contributed by atoms with E-state index in [1.807, 2.05) is 0 Å². The van der Waals surface area contributed by atoms with Crippen LogP contribution in [-0.2, 0) is 14.3 Å². The molecular formula is C12H16N2O4. The minimum Gasteiger partial charge on any atom is -0.491 e. The van der Waals surface area contributed by atoms with Crippen molar-refractivity contribution in [3.8, 4) is 5.75 Å². The van der Waals surface area contributed by atoms with Gasteiger partial charge in [0.2, 0.25) is 5.91 Å². The van der Waals surface area contributed by atoms with Gasteiger partial charge in [-0.05, 0) is 12.1 Å². The second-order valence-corrected chi connectivity index (χ2v) is 3.49. The number of para-hydroxylation sites is 2. The molecule has 0 aromatic heterocycles. The van der Waals surface area contributed by atoms with Gasteiger partial charge in [-0.15, -0.1) is 0 Å². The van der Waals surface area contributed by atoms with Crippen LogP contribution in [0.25, 0.3) is 0 Å². The maximum Gasteiger partial charge on any atom is 0.325 e. The predicted molar refractivity (Wildman–Crippen MR) is 66.0 cm³/mol. The molecule has 6 nitrogen and oxygen atoms in total. The predicted octanol–water partition coefficient (Wildman–Crippen LogP) is 0.327. The van der Waals surface area contributed by atoms with Gasteiger partial charge in [0.15, 0.2) is 0 Å². The van der Waals surface area contributed by atoms with E-state index in [9.17, 15) is 9.59 Å². The summed E-state index contributed by atoms with van der Waals surface area (Å²) in [5.74, 6) is -0.232. The van der Waals surface area contributed by atoms with Gasteiger partial charge in [-0.3, -0.25) is 9.59 Å². The number of hydrogen-bond donors (Lipinski definition) is 2. The standard InChI is InChI=1S/C12H16N2O4/c1-17-12(16)8-14-11(15)6-7-18-10-5-3-2-4-9(10)13/h2-5H,6-8,13H2,1H3,(H,14,15). The van der Waals surface area contributed by atoms with E-state index in [1.165, 1.54) is 7.11 Å². The Hall–Kier alpha value is -2.24. The van der Waals surface area contributed by atoms with E-state index in [2.05, 4.69) is 10.1 Å². The molecule has 0 radical (unpaired) electrons. The molecule has 0 unspecified atom stereocenters. The lowest BCUT2D eigenvalue weighted by molar-refractivity contribution is -0.141. The van der Waals surface area contributed by atoms with E-state index in [0.717, 1.165) is 0 Å². The van der Waals surface area contributed by atoms with Gasteiger partial charge in [0.1, 0.15) is 12.3 Å². The summed E-state index contributed by atoms with van der Waals surface area (Å²) in [5.41, 5.74) is 6.19. The molecule has 18 heavy (non-hydrogen) atoms. The van der Waals surface area contributed by atoms with E-state index in [0.29, 0.717) is 11.4 Å². The molecule has 0 saturated heterocycles. The van der Waals surface area contributed by atoms with Crippen molar-refractivity contribution in [1.29, 1.82) is 0 Å². The smallest absolute Gasteiger partial charge is 0.325 e. The molecule has 0 aliphatic carbocycles. The number of ether oxygens (including phenoxy) is 2. The fourth-order valence-corrected chi connectivity index (χ4v) is 1.20. The average molecular weight is 252 g/mol. The first-order valence-electron chi connectivity index (χ1n) is 5.44. The van der Waals surface area contributed by atoms with Crippen LogP contribution >= 0.6 is 0 Å². The Kier molecular flexibility index (Phi) is 5.50. The molecule has 0 saturated carbocycles. The van der Waals surface area contributed by atoms with Gasteiger partial charge in [-0.2, -0.15) is 0 Å². The molecule has 0 heterocycles. The van der Waals surface area contributed by atoms with E-state index >= 15 is 0 Å².